The van der Waals surface area contributed by atoms with Gasteiger partial charge in [-0.3, -0.25) is 0 Å². The van der Waals surface area contributed by atoms with Crippen molar-refractivity contribution in [2.24, 2.45) is 0 Å². The molecule has 0 aliphatic carbocycles. The minimum Gasteiger partial charge on any atom is -0.493 e. The van der Waals surface area contributed by atoms with Crippen molar-refractivity contribution >= 4 is 12.4 Å². The van der Waals surface area contributed by atoms with Crippen LogP contribution in [0.15, 0.2) is 42.5 Å². The summed E-state index contributed by atoms with van der Waals surface area (Å²) >= 11 is 0. The average molecular weight is 412 g/mol. The van der Waals surface area contributed by atoms with Crippen molar-refractivity contribution in [3.8, 4) is 11.5 Å². The summed E-state index contributed by atoms with van der Waals surface area (Å²) in [6, 6.07) is 12.4. The molecule has 0 aromatic heterocycles. The van der Waals surface area contributed by atoms with Gasteiger partial charge >= 0.3 is 0 Å². The Morgan fingerprint density at radius 3 is 2.46 bits per heavy atom. The Kier molecular flexibility index (Phi) is 12.3. The van der Waals surface area contributed by atoms with Gasteiger partial charge in [0, 0.05) is 30.9 Å². The summed E-state index contributed by atoms with van der Waals surface area (Å²) in [5.74, 6) is 1.03. The molecule has 2 rings (SSSR count). The molecule has 0 radical (unpaired) electrons. The lowest BCUT2D eigenvalue weighted by atomic mass is 10.1. The highest BCUT2D eigenvalue weighted by molar-refractivity contribution is 5.85. The van der Waals surface area contributed by atoms with Gasteiger partial charge in [0.2, 0.25) is 0 Å². The standard InChI is InChI=1S/C22H30FNO3.ClH/c1-3-4-14-26-15-8-13-24-16-18-10-7-12-21(25-2)22(18)27-17-19-9-5-6-11-20(19)23;/h5-7,9-12,24H,3-4,8,13-17H2,1-2H3;1H. The van der Waals surface area contributed by atoms with Gasteiger partial charge in [-0.1, -0.05) is 43.7 Å². The zero-order valence-electron chi connectivity index (χ0n) is 16.7. The van der Waals surface area contributed by atoms with Crippen LogP contribution in [-0.2, 0) is 17.9 Å². The van der Waals surface area contributed by atoms with E-state index in [2.05, 4.69) is 12.2 Å². The Morgan fingerprint density at radius 1 is 0.964 bits per heavy atom. The Hall–Kier alpha value is -1.82. The number of methoxy groups -OCH3 is 1. The first kappa shape index (κ1) is 24.2. The number of nitrogens with one attached hydrogen (secondary N) is 1. The largest absolute Gasteiger partial charge is 0.493 e. The van der Waals surface area contributed by atoms with Gasteiger partial charge in [0.1, 0.15) is 12.4 Å². The van der Waals surface area contributed by atoms with Crippen LogP contribution >= 0.6 is 12.4 Å². The number of unbranched alkanes of at least 4 members (excludes halogenated alkanes) is 1. The third-order valence-corrected chi connectivity index (χ3v) is 4.21. The molecule has 4 nitrogen and oxygen atoms in total. The van der Waals surface area contributed by atoms with E-state index >= 15 is 0 Å². The second kappa shape index (κ2) is 14.2. The van der Waals surface area contributed by atoms with Crippen LogP contribution in [0.3, 0.4) is 0 Å². The van der Waals surface area contributed by atoms with Crippen molar-refractivity contribution in [2.45, 2.75) is 39.3 Å². The van der Waals surface area contributed by atoms with Gasteiger partial charge in [0.15, 0.2) is 11.5 Å². The highest BCUT2D eigenvalue weighted by Crippen LogP contribution is 2.32. The van der Waals surface area contributed by atoms with Gasteiger partial charge in [-0.05, 0) is 31.5 Å². The number of para-hydroxylation sites is 1. The lowest BCUT2D eigenvalue weighted by molar-refractivity contribution is 0.128. The molecule has 0 amide bonds. The molecule has 28 heavy (non-hydrogen) atoms. The minimum atomic E-state index is -0.268. The molecule has 0 saturated carbocycles. The Balaban J connectivity index is 0.00000392. The Morgan fingerprint density at radius 2 is 1.71 bits per heavy atom. The molecule has 0 atom stereocenters. The molecular formula is C22H31ClFNO3. The molecule has 0 unspecified atom stereocenters. The van der Waals surface area contributed by atoms with Crippen LogP contribution in [0, 0.1) is 5.82 Å². The van der Waals surface area contributed by atoms with E-state index in [9.17, 15) is 4.39 Å². The average Bonchev–Trinajstić information content (AvgIpc) is 2.69. The lowest BCUT2D eigenvalue weighted by Gasteiger charge is -2.16. The molecular weight excluding hydrogens is 381 g/mol. The second-order valence-corrected chi connectivity index (χ2v) is 6.32. The van der Waals surface area contributed by atoms with Gasteiger partial charge < -0.3 is 19.5 Å². The van der Waals surface area contributed by atoms with E-state index in [0.717, 1.165) is 44.6 Å². The molecule has 0 aliphatic heterocycles. The van der Waals surface area contributed by atoms with Crippen LogP contribution in [0.2, 0.25) is 0 Å². The van der Waals surface area contributed by atoms with E-state index in [-0.39, 0.29) is 24.8 Å². The maximum absolute atomic E-state index is 13.8. The molecule has 0 spiro atoms. The number of halogens is 2. The highest BCUT2D eigenvalue weighted by atomic mass is 35.5. The van der Waals surface area contributed by atoms with Crippen LogP contribution in [0.4, 0.5) is 4.39 Å². The SMILES string of the molecule is CCCCOCCCNCc1cccc(OC)c1OCc1ccccc1F.Cl. The fraction of sp³-hybridized carbons (Fsp3) is 0.455. The first-order valence-electron chi connectivity index (χ1n) is 9.56. The van der Waals surface area contributed by atoms with Crippen LogP contribution in [0.25, 0.3) is 0 Å². The van der Waals surface area contributed by atoms with Crippen molar-refractivity contribution in [1.82, 2.24) is 5.32 Å². The third kappa shape index (κ3) is 8.05. The quantitative estimate of drug-likeness (QED) is 0.464. The van der Waals surface area contributed by atoms with Crippen LogP contribution in [0.5, 0.6) is 11.5 Å². The fourth-order valence-electron chi connectivity index (χ4n) is 2.66. The van der Waals surface area contributed by atoms with Crippen molar-refractivity contribution in [1.29, 1.82) is 0 Å². The minimum absolute atomic E-state index is 0. The molecule has 1 N–H and O–H groups in total. The number of hydrogen-bond acceptors (Lipinski definition) is 4. The van der Waals surface area contributed by atoms with Gasteiger partial charge in [-0.2, -0.15) is 0 Å². The molecule has 0 saturated heterocycles. The van der Waals surface area contributed by atoms with E-state index in [1.54, 1.807) is 25.3 Å². The summed E-state index contributed by atoms with van der Waals surface area (Å²) in [7, 11) is 1.61. The molecule has 156 valence electrons. The van der Waals surface area contributed by atoms with Crippen molar-refractivity contribution < 1.29 is 18.6 Å². The summed E-state index contributed by atoms with van der Waals surface area (Å²) in [5.41, 5.74) is 1.50. The van der Waals surface area contributed by atoms with Crippen LogP contribution < -0.4 is 14.8 Å². The Bertz CT molecular complexity index is 685. The highest BCUT2D eigenvalue weighted by Gasteiger charge is 2.12. The van der Waals surface area contributed by atoms with E-state index in [4.69, 9.17) is 14.2 Å². The summed E-state index contributed by atoms with van der Waals surface area (Å²) in [6.45, 7) is 5.42. The topological polar surface area (TPSA) is 39.7 Å². The Labute approximate surface area is 173 Å². The fourth-order valence-corrected chi connectivity index (χ4v) is 2.66. The maximum Gasteiger partial charge on any atom is 0.166 e. The summed E-state index contributed by atoms with van der Waals surface area (Å²) in [5, 5.41) is 3.40. The number of hydrogen-bond donors (Lipinski definition) is 1. The molecule has 2 aromatic carbocycles. The maximum atomic E-state index is 13.8. The van der Waals surface area contributed by atoms with Crippen molar-refractivity contribution in [2.75, 3.05) is 26.9 Å². The smallest absolute Gasteiger partial charge is 0.166 e. The van der Waals surface area contributed by atoms with E-state index < -0.39 is 0 Å². The second-order valence-electron chi connectivity index (χ2n) is 6.32. The zero-order valence-corrected chi connectivity index (χ0v) is 17.5. The number of benzene rings is 2. The van der Waals surface area contributed by atoms with Crippen molar-refractivity contribution in [3.05, 3.63) is 59.4 Å². The van der Waals surface area contributed by atoms with Crippen LogP contribution in [-0.4, -0.2) is 26.9 Å². The van der Waals surface area contributed by atoms with Gasteiger partial charge in [0.25, 0.3) is 0 Å². The van der Waals surface area contributed by atoms with E-state index in [1.807, 2.05) is 18.2 Å². The third-order valence-electron chi connectivity index (χ3n) is 4.21. The summed E-state index contributed by atoms with van der Waals surface area (Å²) in [4.78, 5) is 0. The molecule has 0 fully saturated rings. The molecule has 0 aliphatic rings. The molecule has 2 aromatic rings. The molecule has 0 bridgehead atoms. The number of rotatable bonds is 13. The van der Waals surface area contributed by atoms with E-state index in [1.165, 1.54) is 6.07 Å². The van der Waals surface area contributed by atoms with Gasteiger partial charge in [-0.15, -0.1) is 12.4 Å². The van der Waals surface area contributed by atoms with Crippen LogP contribution in [0.1, 0.15) is 37.3 Å². The van der Waals surface area contributed by atoms with E-state index in [0.29, 0.717) is 23.6 Å². The van der Waals surface area contributed by atoms with Gasteiger partial charge in [0.05, 0.1) is 7.11 Å². The first-order valence-corrected chi connectivity index (χ1v) is 9.56. The predicted molar refractivity (Wildman–Crippen MR) is 113 cm³/mol. The van der Waals surface area contributed by atoms with Gasteiger partial charge in [-0.25, -0.2) is 4.39 Å². The monoisotopic (exact) mass is 411 g/mol. The predicted octanol–water partition coefficient (Wildman–Crippen LogP) is 5.13. The number of ether oxygens (including phenoxy) is 3. The summed E-state index contributed by atoms with van der Waals surface area (Å²) < 4.78 is 30.7. The molecule has 6 heteroatoms. The first-order chi connectivity index (χ1) is 13.3. The van der Waals surface area contributed by atoms with Crippen molar-refractivity contribution in [3.63, 3.8) is 0 Å². The normalized spacial score (nSPS) is 10.4. The summed E-state index contributed by atoms with van der Waals surface area (Å²) in [6.07, 6.45) is 3.22. The molecule has 0 heterocycles. The zero-order chi connectivity index (χ0) is 19.3. The lowest BCUT2D eigenvalue weighted by Crippen LogP contribution is -2.17.